The standard InChI is InChI=1S/C13H16FN3S/c1-3-12-16-13(18-17-12)15-11(8-14)10-6-4-9(2)5-7-10/h4-7,11H,3,8H2,1-2H3,(H,15,16,17). The van der Waals surface area contributed by atoms with Crippen LogP contribution in [0.4, 0.5) is 9.52 Å². The molecule has 2 rings (SSSR count). The highest BCUT2D eigenvalue weighted by atomic mass is 32.1. The van der Waals surface area contributed by atoms with E-state index < -0.39 is 6.67 Å². The number of halogens is 1. The maximum absolute atomic E-state index is 13.1. The van der Waals surface area contributed by atoms with Crippen LogP contribution in [0.1, 0.15) is 29.9 Å². The lowest BCUT2D eigenvalue weighted by molar-refractivity contribution is 0.452. The molecule has 0 aliphatic heterocycles. The molecule has 1 N–H and O–H groups in total. The summed E-state index contributed by atoms with van der Waals surface area (Å²) in [4.78, 5) is 4.29. The fourth-order valence-electron chi connectivity index (χ4n) is 1.62. The van der Waals surface area contributed by atoms with Crippen LogP contribution in [0, 0.1) is 6.92 Å². The molecular formula is C13H16FN3S. The topological polar surface area (TPSA) is 37.8 Å². The summed E-state index contributed by atoms with van der Waals surface area (Å²) in [6, 6.07) is 7.49. The average molecular weight is 265 g/mol. The first kappa shape index (κ1) is 13.0. The molecule has 0 radical (unpaired) electrons. The Hall–Kier alpha value is -1.49. The number of hydrogen-bond donors (Lipinski definition) is 1. The van der Waals surface area contributed by atoms with Gasteiger partial charge in [-0.3, -0.25) is 0 Å². The van der Waals surface area contributed by atoms with Crippen LogP contribution in [0.2, 0.25) is 0 Å². The quantitative estimate of drug-likeness (QED) is 0.898. The van der Waals surface area contributed by atoms with Crippen molar-refractivity contribution >= 4 is 16.7 Å². The largest absolute Gasteiger partial charge is 0.351 e. The first-order valence-electron chi connectivity index (χ1n) is 5.94. The van der Waals surface area contributed by atoms with Gasteiger partial charge in [-0.25, -0.2) is 9.37 Å². The summed E-state index contributed by atoms with van der Waals surface area (Å²) in [5, 5.41) is 3.77. The monoisotopic (exact) mass is 265 g/mol. The average Bonchev–Trinajstić information content (AvgIpc) is 2.85. The van der Waals surface area contributed by atoms with Gasteiger partial charge in [0, 0.05) is 18.0 Å². The number of hydrogen-bond acceptors (Lipinski definition) is 4. The number of nitrogens with zero attached hydrogens (tertiary/aromatic N) is 2. The van der Waals surface area contributed by atoms with Crippen LogP contribution in [0.15, 0.2) is 24.3 Å². The lowest BCUT2D eigenvalue weighted by Crippen LogP contribution is -2.12. The summed E-state index contributed by atoms with van der Waals surface area (Å²) in [5.41, 5.74) is 2.09. The molecule has 2 aromatic rings. The Bertz CT molecular complexity index is 495. The third kappa shape index (κ3) is 3.04. The molecule has 3 nitrogen and oxygen atoms in total. The highest BCUT2D eigenvalue weighted by Gasteiger charge is 2.13. The number of nitrogens with one attached hydrogen (secondary N) is 1. The van der Waals surface area contributed by atoms with Gasteiger partial charge in [-0.15, -0.1) is 0 Å². The van der Waals surface area contributed by atoms with Gasteiger partial charge in [0.15, 0.2) is 0 Å². The van der Waals surface area contributed by atoms with Crippen LogP contribution in [-0.2, 0) is 6.42 Å². The number of benzene rings is 1. The van der Waals surface area contributed by atoms with Gasteiger partial charge in [-0.2, -0.15) is 4.37 Å². The smallest absolute Gasteiger partial charge is 0.203 e. The van der Waals surface area contributed by atoms with E-state index in [1.54, 1.807) is 0 Å². The molecular weight excluding hydrogens is 249 g/mol. The summed E-state index contributed by atoms with van der Waals surface area (Å²) < 4.78 is 17.3. The Morgan fingerprint density at radius 2 is 2.06 bits per heavy atom. The molecule has 0 aliphatic carbocycles. The van der Waals surface area contributed by atoms with E-state index in [1.807, 2.05) is 38.1 Å². The fraction of sp³-hybridized carbons (Fsp3) is 0.385. The molecule has 1 heterocycles. The van der Waals surface area contributed by atoms with Gasteiger partial charge in [0.25, 0.3) is 0 Å². The molecule has 0 saturated heterocycles. The van der Waals surface area contributed by atoms with Crippen LogP contribution < -0.4 is 5.32 Å². The maximum Gasteiger partial charge on any atom is 0.203 e. The molecule has 0 spiro atoms. The Balaban J connectivity index is 2.11. The predicted molar refractivity (Wildman–Crippen MR) is 72.8 cm³/mol. The zero-order chi connectivity index (χ0) is 13.0. The molecule has 0 aliphatic rings. The molecule has 0 amide bonds. The van der Waals surface area contributed by atoms with Crippen molar-refractivity contribution in [2.45, 2.75) is 26.3 Å². The summed E-state index contributed by atoms with van der Waals surface area (Å²) in [6.07, 6.45) is 0.795. The minimum atomic E-state index is -0.468. The SMILES string of the molecule is CCc1nsc(NC(CF)c2ccc(C)cc2)n1. The molecule has 0 bridgehead atoms. The molecule has 0 saturated carbocycles. The molecule has 96 valence electrons. The van der Waals surface area contributed by atoms with Crippen molar-refractivity contribution in [2.24, 2.45) is 0 Å². The van der Waals surface area contributed by atoms with Gasteiger partial charge < -0.3 is 5.32 Å². The fourth-order valence-corrected chi connectivity index (χ4v) is 2.32. The maximum atomic E-state index is 13.1. The van der Waals surface area contributed by atoms with E-state index in [0.717, 1.165) is 17.8 Å². The minimum absolute atomic E-state index is 0.358. The second kappa shape index (κ2) is 5.91. The molecule has 18 heavy (non-hydrogen) atoms. The number of aryl methyl sites for hydroxylation is 2. The van der Waals surface area contributed by atoms with E-state index in [2.05, 4.69) is 14.7 Å². The van der Waals surface area contributed by atoms with E-state index in [4.69, 9.17) is 0 Å². The zero-order valence-corrected chi connectivity index (χ0v) is 11.3. The number of aromatic nitrogens is 2. The van der Waals surface area contributed by atoms with Crippen LogP contribution in [-0.4, -0.2) is 16.0 Å². The van der Waals surface area contributed by atoms with Crippen LogP contribution in [0.25, 0.3) is 0 Å². The second-order valence-electron chi connectivity index (χ2n) is 4.13. The van der Waals surface area contributed by atoms with Gasteiger partial charge >= 0.3 is 0 Å². The normalized spacial score (nSPS) is 12.4. The van der Waals surface area contributed by atoms with E-state index in [9.17, 15) is 4.39 Å². The van der Waals surface area contributed by atoms with Crippen molar-refractivity contribution in [3.05, 3.63) is 41.2 Å². The van der Waals surface area contributed by atoms with Gasteiger partial charge in [-0.1, -0.05) is 36.8 Å². The van der Waals surface area contributed by atoms with Gasteiger partial charge in [0.05, 0.1) is 6.04 Å². The lowest BCUT2D eigenvalue weighted by Gasteiger charge is -2.14. The first-order valence-corrected chi connectivity index (χ1v) is 6.72. The molecule has 1 unspecified atom stereocenters. The summed E-state index contributed by atoms with van der Waals surface area (Å²) in [5.74, 6) is 0.795. The van der Waals surface area contributed by atoms with Gasteiger partial charge in [0.2, 0.25) is 5.13 Å². The van der Waals surface area contributed by atoms with E-state index in [0.29, 0.717) is 5.13 Å². The Labute approximate surface area is 110 Å². The van der Waals surface area contributed by atoms with Crippen LogP contribution in [0.5, 0.6) is 0 Å². The van der Waals surface area contributed by atoms with E-state index in [1.165, 1.54) is 17.1 Å². The minimum Gasteiger partial charge on any atom is -0.351 e. The van der Waals surface area contributed by atoms with Crippen molar-refractivity contribution < 1.29 is 4.39 Å². The van der Waals surface area contributed by atoms with Gasteiger partial charge in [-0.05, 0) is 12.5 Å². The summed E-state index contributed by atoms with van der Waals surface area (Å²) in [6.45, 7) is 3.54. The summed E-state index contributed by atoms with van der Waals surface area (Å²) >= 11 is 1.28. The van der Waals surface area contributed by atoms with E-state index in [-0.39, 0.29) is 6.04 Å². The van der Waals surface area contributed by atoms with Crippen molar-refractivity contribution in [3.8, 4) is 0 Å². The first-order chi connectivity index (χ1) is 8.72. The van der Waals surface area contributed by atoms with Crippen molar-refractivity contribution in [2.75, 3.05) is 12.0 Å². The van der Waals surface area contributed by atoms with Crippen molar-refractivity contribution in [1.82, 2.24) is 9.36 Å². The second-order valence-corrected chi connectivity index (χ2v) is 4.88. The highest BCUT2D eigenvalue weighted by Crippen LogP contribution is 2.22. The van der Waals surface area contributed by atoms with Gasteiger partial charge in [0.1, 0.15) is 12.5 Å². The number of rotatable bonds is 5. The Morgan fingerprint density at radius 1 is 1.33 bits per heavy atom. The van der Waals surface area contributed by atoms with Crippen LogP contribution >= 0.6 is 11.5 Å². The zero-order valence-electron chi connectivity index (χ0n) is 10.5. The molecule has 0 fully saturated rings. The molecule has 1 aromatic heterocycles. The van der Waals surface area contributed by atoms with Crippen molar-refractivity contribution in [1.29, 1.82) is 0 Å². The third-order valence-electron chi connectivity index (χ3n) is 2.72. The van der Waals surface area contributed by atoms with Crippen molar-refractivity contribution in [3.63, 3.8) is 0 Å². The highest BCUT2D eigenvalue weighted by molar-refractivity contribution is 7.09. The van der Waals surface area contributed by atoms with Crippen LogP contribution in [0.3, 0.4) is 0 Å². The third-order valence-corrected chi connectivity index (χ3v) is 3.40. The Morgan fingerprint density at radius 3 is 2.61 bits per heavy atom. The summed E-state index contributed by atoms with van der Waals surface area (Å²) in [7, 11) is 0. The number of alkyl halides is 1. The molecule has 1 atom stereocenters. The molecule has 1 aromatic carbocycles. The lowest BCUT2D eigenvalue weighted by atomic mass is 10.1. The number of anilines is 1. The van der Waals surface area contributed by atoms with E-state index >= 15 is 0 Å². The Kier molecular flexibility index (Phi) is 4.25. The molecule has 5 heteroatoms. The predicted octanol–water partition coefficient (Wildman–Crippen LogP) is 3.53.